The van der Waals surface area contributed by atoms with Gasteiger partial charge in [0, 0.05) is 12.3 Å². The number of rotatable bonds is 5. The maximum Gasteiger partial charge on any atom is 0.266 e. The van der Waals surface area contributed by atoms with E-state index < -0.39 is 0 Å². The number of nitrogens with one attached hydrogen (secondary N) is 2. The van der Waals surface area contributed by atoms with E-state index in [0.29, 0.717) is 15.1 Å². The van der Waals surface area contributed by atoms with Crippen LogP contribution in [0.2, 0.25) is 0 Å². The molecule has 0 fully saturated rings. The van der Waals surface area contributed by atoms with Crippen LogP contribution < -0.4 is 10.9 Å². The van der Waals surface area contributed by atoms with Crippen LogP contribution in [0.25, 0.3) is 0 Å². The molecule has 0 saturated carbocycles. The van der Waals surface area contributed by atoms with Gasteiger partial charge in [-0.15, -0.1) is 18.2 Å². The SMILES string of the molecule is C#CCSCCNc1nc[nH]c(=O)c1I. The summed E-state index contributed by atoms with van der Waals surface area (Å²) in [7, 11) is 0. The molecule has 0 saturated heterocycles. The summed E-state index contributed by atoms with van der Waals surface area (Å²) in [5.41, 5.74) is -0.121. The van der Waals surface area contributed by atoms with Crippen LogP contribution in [0.1, 0.15) is 0 Å². The number of terminal acetylenes is 1. The maximum absolute atomic E-state index is 11.2. The Morgan fingerprint density at radius 3 is 3.27 bits per heavy atom. The highest BCUT2D eigenvalue weighted by Crippen LogP contribution is 2.08. The molecule has 0 aromatic carbocycles. The van der Waals surface area contributed by atoms with Crippen LogP contribution in [-0.2, 0) is 0 Å². The number of hydrogen-bond acceptors (Lipinski definition) is 4. The van der Waals surface area contributed by atoms with Gasteiger partial charge in [-0.1, -0.05) is 5.92 Å². The second-order valence-electron chi connectivity index (χ2n) is 2.58. The van der Waals surface area contributed by atoms with E-state index in [1.165, 1.54) is 6.33 Å². The Balaban J connectivity index is 2.42. The first kappa shape index (κ1) is 12.4. The highest BCUT2D eigenvalue weighted by atomic mass is 127. The van der Waals surface area contributed by atoms with Crippen molar-refractivity contribution in [2.24, 2.45) is 0 Å². The zero-order chi connectivity index (χ0) is 11.1. The van der Waals surface area contributed by atoms with E-state index in [9.17, 15) is 4.79 Å². The molecule has 4 nitrogen and oxygen atoms in total. The van der Waals surface area contributed by atoms with Gasteiger partial charge < -0.3 is 10.3 Å². The average Bonchev–Trinajstić information content (AvgIpc) is 2.24. The summed E-state index contributed by atoms with van der Waals surface area (Å²) in [5.74, 6) is 4.78. The first-order chi connectivity index (χ1) is 7.25. The molecule has 0 amide bonds. The van der Waals surface area contributed by atoms with Crippen molar-refractivity contribution in [2.45, 2.75) is 0 Å². The van der Waals surface area contributed by atoms with Gasteiger partial charge in [-0.3, -0.25) is 4.79 Å². The smallest absolute Gasteiger partial charge is 0.266 e. The summed E-state index contributed by atoms with van der Waals surface area (Å²) in [5, 5.41) is 3.08. The molecule has 0 aliphatic heterocycles. The number of nitrogens with zero attached hydrogens (tertiary/aromatic N) is 1. The van der Waals surface area contributed by atoms with E-state index in [1.807, 2.05) is 22.6 Å². The number of hydrogen-bond donors (Lipinski definition) is 2. The largest absolute Gasteiger partial charge is 0.368 e. The normalized spacial score (nSPS) is 9.60. The summed E-state index contributed by atoms with van der Waals surface area (Å²) in [6.07, 6.45) is 6.51. The minimum atomic E-state index is -0.121. The van der Waals surface area contributed by atoms with E-state index in [2.05, 4.69) is 21.2 Å². The van der Waals surface area contributed by atoms with Gasteiger partial charge in [0.2, 0.25) is 0 Å². The van der Waals surface area contributed by atoms with E-state index in [-0.39, 0.29) is 5.56 Å². The van der Waals surface area contributed by atoms with Crippen molar-refractivity contribution in [1.29, 1.82) is 0 Å². The number of aromatic nitrogens is 2. The Bertz CT molecular complexity index is 413. The van der Waals surface area contributed by atoms with Crippen molar-refractivity contribution in [2.75, 3.05) is 23.4 Å². The minimum Gasteiger partial charge on any atom is -0.368 e. The fraction of sp³-hybridized carbons (Fsp3) is 0.333. The number of anilines is 1. The number of thioether (sulfide) groups is 1. The van der Waals surface area contributed by atoms with Crippen LogP contribution in [0.4, 0.5) is 5.82 Å². The van der Waals surface area contributed by atoms with E-state index in [0.717, 1.165) is 12.3 Å². The van der Waals surface area contributed by atoms with Crippen LogP contribution in [0.15, 0.2) is 11.1 Å². The zero-order valence-corrected chi connectivity index (χ0v) is 10.9. The Labute approximate surface area is 106 Å². The number of halogens is 1. The second-order valence-corrected chi connectivity index (χ2v) is 4.76. The average molecular weight is 335 g/mol. The maximum atomic E-state index is 11.2. The Morgan fingerprint density at radius 1 is 1.73 bits per heavy atom. The molecular weight excluding hydrogens is 325 g/mol. The summed E-state index contributed by atoms with van der Waals surface area (Å²) in [6, 6.07) is 0. The molecule has 0 aliphatic rings. The molecule has 1 heterocycles. The molecule has 80 valence electrons. The van der Waals surface area contributed by atoms with Crippen molar-refractivity contribution in [1.82, 2.24) is 9.97 Å². The van der Waals surface area contributed by atoms with Crippen molar-refractivity contribution in [3.8, 4) is 12.3 Å². The third kappa shape index (κ3) is 4.13. The molecule has 6 heteroatoms. The van der Waals surface area contributed by atoms with Gasteiger partial charge in [0.05, 0.1) is 12.1 Å². The lowest BCUT2D eigenvalue weighted by atomic mass is 10.5. The minimum absolute atomic E-state index is 0.121. The summed E-state index contributed by atoms with van der Waals surface area (Å²) < 4.78 is 0.581. The van der Waals surface area contributed by atoms with Gasteiger partial charge in [0.15, 0.2) is 0 Å². The van der Waals surface area contributed by atoms with Crippen molar-refractivity contribution in [3.05, 3.63) is 20.3 Å². The van der Waals surface area contributed by atoms with Gasteiger partial charge >= 0.3 is 0 Å². The molecule has 1 aromatic rings. The van der Waals surface area contributed by atoms with Crippen molar-refractivity contribution in [3.63, 3.8) is 0 Å². The van der Waals surface area contributed by atoms with Crippen LogP contribution >= 0.6 is 34.4 Å². The monoisotopic (exact) mass is 335 g/mol. The van der Waals surface area contributed by atoms with Gasteiger partial charge in [-0.05, 0) is 22.6 Å². The molecule has 0 spiro atoms. The number of aromatic amines is 1. The first-order valence-electron chi connectivity index (χ1n) is 4.24. The van der Waals surface area contributed by atoms with Crippen LogP contribution in [0.5, 0.6) is 0 Å². The fourth-order valence-corrected chi connectivity index (χ4v) is 1.87. The molecule has 0 bridgehead atoms. The molecule has 1 rings (SSSR count). The van der Waals surface area contributed by atoms with Crippen LogP contribution in [0, 0.1) is 15.9 Å². The topological polar surface area (TPSA) is 57.8 Å². The van der Waals surface area contributed by atoms with Gasteiger partial charge in [0.25, 0.3) is 5.56 Å². The predicted octanol–water partition coefficient (Wildman–Crippen LogP) is 1.15. The van der Waals surface area contributed by atoms with E-state index in [1.54, 1.807) is 11.8 Å². The van der Waals surface area contributed by atoms with Crippen molar-refractivity contribution >= 4 is 40.2 Å². The molecular formula is C9H10IN3OS. The zero-order valence-electron chi connectivity index (χ0n) is 7.92. The fourth-order valence-electron chi connectivity index (χ4n) is 0.879. The summed E-state index contributed by atoms with van der Waals surface area (Å²) in [6.45, 7) is 0.749. The summed E-state index contributed by atoms with van der Waals surface area (Å²) >= 11 is 3.63. The third-order valence-corrected chi connectivity index (χ3v) is 3.39. The summed E-state index contributed by atoms with van der Waals surface area (Å²) in [4.78, 5) is 17.7. The lowest BCUT2D eigenvalue weighted by molar-refractivity contribution is 1.07. The van der Waals surface area contributed by atoms with Crippen LogP contribution in [-0.4, -0.2) is 28.0 Å². The van der Waals surface area contributed by atoms with Gasteiger partial charge in [0.1, 0.15) is 9.39 Å². The molecule has 0 unspecified atom stereocenters. The lowest BCUT2D eigenvalue weighted by Gasteiger charge is -2.05. The standard InChI is InChI=1S/C9H10IN3OS/c1-2-4-15-5-3-11-8-7(10)9(14)13-6-12-8/h1,6H,3-5H2,(H2,11,12,13,14). The first-order valence-corrected chi connectivity index (χ1v) is 6.47. The van der Waals surface area contributed by atoms with Crippen molar-refractivity contribution < 1.29 is 0 Å². The number of H-pyrrole nitrogens is 1. The Morgan fingerprint density at radius 2 is 2.53 bits per heavy atom. The molecule has 1 aromatic heterocycles. The van der Waals surface area contributed by atoms with Crippen LogP contribution in [0.3, 0.4) is 0 Å². The molecule has 0 atom stereocenters. The molecule has 15 heavy (non-hydrogen) atoms. The predicted molar refractivity (Wildman–Crippen MR) is 72.2 cm³/mol. The quantitative estimate of drug-likeness (QED) is 0.482. The van der Waals surface area contributed by atoms with Gasteiger partial charge in [-0.25, -0.2) is 4.98 Å². The highest BCUT2D eigenvalue weighted by molar-refractivity contribution is 14.1. The van der Waals surface area contributed by atoms with Gasteiger partial charge in [-0.2, -0.15) is 0 Å². The van der Waals surface area contributed by atoms with E-state index in [4.69, 9.17) is 6.42 Å². The third-order valence-electron chi connectivity index (χ3n) is 1.52. The lowest BCUT2D eigenvalue weighted by Crippen LogP contribution is -2.16. The Kier molecular flexibility index (Phi) is 5.57. The van der Waals surface area contributed by atoms with E-state index >= 15 is 0 Å². The second kappa shape index (κ2) is 6.74. The molecule has 2 N–H and O–H groups in total. The molecule has 0 aliphatic carbocycles. The Hall–Kier alpha value is -0.680. The highest BCUT2D eigenvalue weighted by Gasteiger charge is 2.03. The molecule has 0 radical (unpaired) electrons.